The molecule has 0 aliphatic carbocycles. The number of furan rings is 1. The summed E-state index contributed by atoms with van der Waals surface area (Å²) in [7, 11) is 0. The van der Waals surface area contributed by atoms with Gasteiger partial charge in [0.25, 0.3) is 0 Å². The van der Waals surface area contributed by atoms with Gasteiger partial charge in [0.1, 0.15) is 0 Å². The molecule has 0 aromatic carbocycles. The van der Waals surface area contributed by atoms with Crippen molar-refractivity contribution in [3.63, 3.8) is 0 Å². The zero-order valence-corrected chi connectivity index (χ0v) is 8.43. The highest BCUT2D eigenvalue weighted by atomic mass is 35.5. The average Bonchev–Trinajstić information content (AvgIpc) is 2.70. The molecule has 2 aromatic rings. The van der Waals surface area contributed by atoms with E-state index in [9.17, 15) is 4.79 Å². The maximum absolute atomic E-state index is 10.8. The lowest BCUT2D eigenvalue weighted by Crippen LogP contribution is -1.94. The highest BCUT2D eigenvalue weighted by Gasteiger charge is 2.17. The summed E-state index contributed by atoms with van der Waals surface area (Å²) in [4.78, 5) is 11.4. The molecule has 0 fully saturated rings. The first kappa shape index (κ1) is 9.30. The summed E-state index contributed by atoms with van der Waals surface area (Å²) in [6.07, 6.45) is 1.43. The fourth-order valence-electron chi connectivity index (χ4n) is 1.11. The number of thiophene rings is 1. The van der Waals surface area contributed by atoms with Gasteiger partial charge in [-0.05, 0) is 17.5 Å². The van der Waals surface area contributed by atoms with Crippen LogP contribution in [0.1, 0.15) is 10.4 Å². The van der Waals surface area contributed by atoms with Gasteiger partial charge in [-0.2, -0.15) is 0 Å². The topological polar surface area (TPSA) is 50.4 Å². The van der Waals surface area contributed by atoms with Crippen molar-refractivity contribution in [3.05, 3.63) is 34.4 Å². The SMILES string of the molecule is O=C(O)c1ccsc1-c1occc1Cl. The van der Waals surface area contributed by atoms with Gasteiger partial charge in [0.05, 0.1) is 21.7 Å². The van der Waals surface area contributed by atoms with Crippen LogP contribution >= 0.6 is 22.9 Å². The molecular weight excluding hydrogens is 224 g/mol. The molecule has 3 nitrogen and oxygen atoms in total. The smallest absolute Gasteiger partial charge is 0.337 e. The van der Waals surface area contributed by atoms with E-state index in [4.69, 9.17) is 21.1 Å². The Bertz CT molecular complexity index is 472. The minimum Gasteiger partial charge on any atom is -0.478 e. The van der Waals surface area contributed by atoms with Crippen LogP contribution in [-0.2, 0) is 0 Å². The predicted molar refractivity (Wildman–Crippen MR) is 54.0 cm³/mol. The number of carboxylic acids is 1. The monoisotopic (exact) mass is 228 g/mol. The Morgan fingerprint density at radius 1 is 1.50 bits per heavy atom. The molecule has 72 valence electrons. The molecule has 2 rings (SSSR count). The molecule has 0 aliphatic heterocycles. The largest absolute Gasteiger partial charge is 0.478 e. The summed E-state index contributed by atoms with van der Waals surface area (Å²) in [6, 6.07) is 3.11. The van der Waals surface area contributed by atoms with Gasteiger partial charge in [-0.15, -0.1) is 11.3 Å². The summed E-state index contributed by atoms with van der Waals surface area (Å²) in [6.45, 7) is 0. The summed E-state index contributed by atoms with van der Waals surface area (Å²) < 4.78 is 5.11. The Kier molecular flexibility index (Phi) is 2.31. The number of rotatable bonds is 2. The van der Waals surface area contributed by atoms with Crippen LogP contribution in [0, 0.1) is 0 Å². The standard InChI is InChI=1S/C9H5ClO3S/c10-6-1-3-13-7(6)8-5(9(11)12)2-4-14-8/h1-4H,(H,11,12). The van der Waals surface area contributed by atoms with E-state index in [1.807, 2.05) is 0 Å². The van der Waals surface area contributed by atoms with E-state index in [0.717, 1.165) is 0 Å². The highest BCUT2D eigenvalue weighted by Crippen LogP contribution is 2.35. The molecule has 0 atom stereocenters. The Morgan fingerprint density at radius 2 is 2.29 bits per heavy atom. The van der Waals surface area contributed by atoms with Crippen molar-refractivity contribution >= 4 is 28.9 Å². The molecule has 0 aliphatic rings. The maximum Gasteiger partial charge on any atom is 0.337 e. The molecule has 1 N–H and O–H groups in total. The average molecular weight is 229 g/mol. The van der Waals surface area contributed by atoms with Gasteiger partial charge in [0.2, 0.25) is 0 Å². The third-order valence-corrected chi connectivity index (χ3v) is 2.93. The summed E-state index contributed by atoms with van der Waals surface area (Å²) in [5.74, 6) is -0.562. The van der Waals surface area contributed by atoms with Crippen LogP contribution in [0.15, 0.2) is 28.2 Å². The lowest BCUT2D eigenvalue weighted by Gasteiger charge is -1.95. The van der Waals surface area contributed by atoms with Crippen LogP contribution < -0.4 is 0 Å². The number of halogens is 1. The van der Waals surface area contributed by atoms with Crippen molar-refractivity contribution < 1.29 is 14.3 Å². The van der Waals surface area contributed by atoms with Gasteiger partial charge in [-0.25, -0.2) is 4.79 Å². The minimum absolute atomic E-state index is 0.215. The maximum atomic E-state index is 10.8. The summed E-state index contributed by atoms with van der Waals surface area (Å²) in [5, 5.41) is 11.0. The van der Waals surface area contributed by atoms with Gasteiger partial charge in [-0.1, -0.05) is 11.6 Å². The quantitative estimate of drug-likeness (QED) is 0.858. The van der Waals surface area contributed by atoms with E-state index in [-0.39, 0.29) is 5.56 Å². The number of hydrogen-bond donors (Lipinski definition) is 1. The van der Waals surface area contributed by atoms with Crippen LogP contribution in [0.4, 0.5) is 0 Å². The molecule has 0 radical (unpaired) electrons. The van der Waals surface area contributed by atoms with E-state index >= 15 is 0 Å². The first-order valence-corrected chi connectivity index (χ1v) is 5.00. The molecule has 2 aromatic heterocycles. The minimum atomic E-state index is -0.978. The van der Waals surface area contributed by atoms with Crippen molar-refractivity contribution in [1.82, 2.24) is 0 Å². The van der Waals surface area contributed by atoms with Crippen molar-refractivity contribution in [2.75, 3.05) is 0 Å². The van der Waals surface area contributed by atoms with Crippen molar-refractivity contribution in [3.8, 4) is 10.6 Å². The van der Waals surface area contributed by atoms with Gasteiger partial charge < -0.3 is 9.52 Å². The number of carboxylic acid groups (broad SMARTS) is 1. The number of hydrogen-bond acceptors (Lipinski definition) is 3. The molecule has 0 saturated heterocycles. The molecule has 0 saturated carbocycles. The van der Waals surface area contributed by atoms with Crippen LogP contribution in [0.3, 0.4) is 0 Å². The van der Waals surface area contributed by atoms with Crippen molar-refractivity contribution in [2.45, 2.75) is 0 Å². The van der Waals surface area contributed by atoms with Crippen molar-refractivity contribution in [2.24, 2.45) is 0 Å². The van der Waals surface area contributed by atoms with E-state index in [1.165, 1.54) is 23.7 Å². The molecule has 5 heteroatoms. The van der Waals surface area contributed by atoms with E-state index < -0.39 is 5.97 Å². The molecule has 0 unspecified atom stereocenters. The fourth-order valence-corrected chi connectivity index (χ4v) is 2.24. The molecule has 0 amide bonds. The normalized spacial score (nSPS) is 10.4. The first-order chi connectivity index (χ1) is 6.70. The zero-order chi connectivity index (χ0) is 10.1. The van der Waals surface area contributed by atoms with Gasteiger partial charge in [-0.3, -0.25) is 0 Å². The second-order valence-corrected chi connectivity index (χ2v) is 3.89. The van der Waals surface area contributed by atoms with E-state index in [0.29, 0.717) is 15.7 Å². The van der Waals surface area contributed by atoms with Gasteiger partial charge in [0, 0.05) is 0 Å². The first-order valence-electron chi connectivity index (χ1n) is 3.74. The lowest BCUT2D eigenvalue weighted by molar-refractivity contribution is 0.0698. The summed E-state index contributed by atoms with van der Waals surface area (Å²) >= 11 is 7.12. The van der Waals surface area contributed by atoms with Gasteiger partial charge in [0.15, 0.2) is 5.76 Å². The molecular formula is C9H5ClO3S. The predicted octanol–water partition coefficient (Wildman–Crippen LogP) is 3.36. The molecule has 0 bridgehead atoms. The molecule has 14 heavy (non-hydrogen) atoms. The lowest BCUT2D eigenvalue weighted by atomic mass is 10.2. The molecule has 2 heterocycles. The molecule has 0 spiro atoms. The van der Waals surface area contributed by atoms with Crippen LogP contribution in [0.5, 0.6) is 0 Å². The van der Waals surface area contributed by atoms with Crippen LogP contribution in [0.2, 0.25) is 5.02 Å². The Morgan fingerprint density at radius 3 is 2.86 bits per heavy atom. The number of carbonyl (C=O) groups is 1. The Balaban J connectivity index is 2.57. The fraction of sp³-hybridized carbons (Fsp3) is 0. The second kappa shape index (κ2) is 3.48. The second-order valence-electron chi connectivity index (χ2n) is 2.57. The third kappa shape index (κ3) is 1.42. The third-order valence-electron chi connectivity index (χ3n) is 1.72. The van der Waals surface area contributed by atoms with E-state index in [1.54, 1.807) is 11.4 Å². The summed E-state index contributed by atoms with van der Waals surface area (Å²) in [5.41, 5.74) is 0.215. The highest BCUT2D eigenvalue weighted by molar-refractivity contribution is 7.14. The van der Waals surface area contributed by atoms with Crippen molar-refractivity contribution in [1.29, 1.82) is 0 Å². The van der Waals surface area contributed by atoms with E-state index in [2.05, 4.69) is 0 Å². The van der Waals surface area contributed by atoms with Crippen LogP contribution in [-0.4, -0.2) is 11.1 Å². The van der Waals surface area contributed by atoms with Gasteiger partial charge >= 0.3 is 5.97 Å². The Labute approximate surface area is 88.5 Å². The number of aromatic carboxylic acids is 1. The zero-order valence-electron chi connectivity index (χ0n) is 6.86. The van der Waals surface area contributed by atoms with Crippen LogP contribution in [0.25, 0.3) is 10.6 Å². The Hall–Kier alpha value is -1.26.